The number of rotatable bonds is 6. The van der Waals surface area contributed by atoms with E-state index in [0.717, 1.165) is 38.0 Å². The van der Waals surface area contributed by atoms with Crippen LogP contribution < -0.4 is 10.6 Å². The van der Waals surface area contributed by atoms with E-state index < -0.39 is 5.60 Å². The van der Waals surface area contributed by atoms with Crippen LogP contribution in [0.2, 0.25) is 0 Å². The number of likely N-dealkylation sites (tertiary alicyclic amines) is 1. The number of carbonyl (C=O) groups excluding carboxylic acids is 1. The molecule has 5 heteroatoms. The Balaban J connectivity index is 1.50. The molecule has 1 amide bonds. The molecule has 2 N–H and O–H groups in total. The van der Waals surface area contributed by atoms with Crippen LogP contribution in [0.1, 0.15) is 43.2 Å². The first kappa shape index (κ1) is 18.4. The summed E-state index contributed by atoms with van der Waals surface area (Å²) in [4.78, 5) is 15.1. The molecule has 0 atom stereocenters. The zero-order valence-corrected chi connectivity index (χ0v) is 15.4. The molecule has 1 aromatic carbocycles. The predicted octanol–water partition coefficient (Wildman–Crippen LogP) is 2.06. The predicted molar refractivity (Wildman–Crippen MR) is 99.3 cm³/mol. The number of benzene rings is 1. The van der Waals surface area contributed by atoms with Gasteiger partial charge in [0.1, 0.15) is 5.60 Å². The van der Waals surface area contributed by atoms with Crippen LogP contribution in [0.15, 0.2) is 24.3 Å². The van der Waals surface area contributed by atoms with Crippen LogP contribution >= 0.6 is 0 Å². The second-order valence-electron chi connectivity index (χ2n) is 7.28. The van der Waals surface area contributed by atoms with Gasteiger partial charge in [0.15, 0.2) is 0 Å². The van der Waals surface area contributed by atoms with Crippen molar-refractivity contribution in [2.24, 2.45) is 0 Å². The van der Waals surface area contributed by atoms with Crippen LogP contribution in [0.5, 0.6) is 0 Å². The average Bonchev–Trinajstić information content (AvgIpc) is 2.68. The van der Waals surface area contributed by atoms with E-state index in [2.05, 4.69) is 39.8 Å². The van der Waals surface area contributed by atoms with E-state index in [4.69, 9.17) is 4.74 Å². The highest BCUT2D eigenvalue weighted by Crippen LogP contribution is 2.22. The third-order valence-corrected chi connectivity index (χ3v) is 5.55. The molecule has 2 fully saturated rings. The topological polar surface area (TPSA) is 53.6 Å². The number of hydrogen-bond acceptors (Lipinski definition) is 4. The van der Waals surface area contributed by atoms with Crippen LogP contribution in [0.25, 0.3) is 0 Å². The molecule has 0 spiro atoms. The number of ether oxygens (including phenoxy) is 1. The van der Waals surface area contributed by atoms with Crippen LogP contribution in [-0.2, 0) is 22.6 Å². The molecular weight excluding hydrogens is 314 g/mol. The second kappa shape index (κ2) is 8.79. The fourth-order valence-corrected chi connectivity index (χ4v) is 3.84. The van der Waals surface area contributed by atoms with E-state index in [1.807, 2.05) is 0 Å². The van der Waals surface area contributed by atoms with E-state index in [1.165, 1.54) is 37.9 Å². The molecule has 5 nitrogen and oxygen atoms in total. The zero-order chi connectivity index (χ0) is 17.5. The van der Waals surface area contributed by atoms with Gasteiger partial charge in [-0.3, -0.25) is 9.69 Å². The van der Waals surface area contributed by atoms with Crippen molar-refractivity contribution in [3.63, 3.8) is 0 Å². The second-order valence-corrected chi connectivity index (χ2v) is 7.28. The molecule has 0 aromatic heterocycles. The molecule has 0 bridgehead atoms. The highest BCUT2D eigenvalue weighted by atomic mass is 16.5. The van der Waals surface area contributed by atoms with E-state index >= 15 is 0 Å². The lowest BCUT2D eigenvalue weighted by Crippen LogP contribution is -2.53. The number of amides is 1. The highest BCUT2D eigenvalue weighted by Gasteiger charge is 2.39. The lowest BCUT2D eigenvalue weighted by Gasteiger charge is -2.34. The summed E-state index contributed by atoms with van der Waals surface area (Å²) in [7, 11) is 1.64. The number of methoxy groups -OCH3 is 1. The van der Waals surface area contributed by atoms with Crippen LogP contribution in [0, 0.1) is 0 Å². The van der Waals surface area contributed by atoms with Gasteiger partial charge in [0.25, 0.3) is 5.91 Å². The molecule has 3 rings (SSSR count). The Morgan fingerprint density at radius 2 is 1.76 bits per heavy atom. The number of piperidine rings is 2. The Morgan fingerprint density at radius 1 is 1.12 bits per heavy atom. The molecule has 0 unspecified atom stereocenters. The molecule has 2 saturated heterocycles. The minimum Gasteiger partial charge on any atom is -0.368 e. The van der Waals surface area contributed by atoms with Gasteiger partial charge >= 0.3 is 0 Å². The maximum absolute atomic E-state index is 12.6. The Hall–Kier alpha value is -1.43. The molecule has 0 saturated carbocycles. The number of nitrogens with zero attached hydrogens (tertiary/aromatic N) is 1. The van der Waals surface area contributed by atoms with Crippen molar-refractivity contribution >= 4 is 5.91 Å². The SMILES string of the molecule is COC1(C(=O)NCc2ccc(CN3CCCCC3)cc2)CCNCC1. The van der Waals surface area contributed by atoms with Crippen molar-refractivity contribution in [1.82, 2.24) is 15.5 Å². The van der Waals surface area contributed by atoms with Crippen molar-refractivity contribution in [2.45, 2.75) is 50.8 Å². The van der Waals surface area contributed by atoms with Crippen molar-refractivity contribution < 1.29 is 9.53 Å². The lowest BCUT2D eigenvalue weighted by atomic mass is 9.91. The first-order chi connectivity index (χ1) is 12.2. The van der Waals surface area contributed by atoms with E-state index in [1.54, 1.807) is 7.11 Å². The Kier molecular flexibility index (Phi) is 6.45. The number of hydrogen-bond donors (Lipinski definition) is 2. The van der Waals surface area contributed by atoms with Crippen molar-refractivity contribution in [2.75, 3.05) is 33.3 Å². The summed E-state index contributed by atoms with van der Waals surface area (Å²) in [6.07, 6.45) is 5.46. The lowest BCUT2D eigenvalue weighted by molar-refractivity contribution is -0.146. The molecular formula is C20H31N3O2. The summed E-state index contributed by atoms with van der Waals surface area (Å²) in [6.45, 7) is 5.67. The fraction of sp³-hybridized carbons (Fsp3) is 0.650. The quantitative estimate of drug-likeness (QED) is 0.829. The molecule has 2 aliphatic rings. The molecule has 0 radical (unpaired) electrons. The maximum Gasteiger partial charge on any atom is 0.252 e. The minimum absolute atomic E-state index is 0.00823. The zero-order valence-electron chi connectivity index (χ0n) is 15.4. The molecule has 1 aromatic rings. The molecule has 25 heavy (non-hydrogen) atoms. The Bertz CT molecular complexity index is 547. The molecule has 2 aliphatic heterocycles. The Labute approximate surface area is 151 Å². The largest absolute Gasteiger partial charge is 0.368 e. The average molecular weight is 345 g/mol. The summed E-state index contributed by atoms with van der Waals surface area (Å²) >= 11 is 0. The highest BCUT2D eigenvalue weighted by molar-refractivity contribution is 5.85. The summed E-state index contributed by atoms with van der Waals surface area (Å²) in [5.74, 6) is 0.00823. The van der Waals surface area contributed by atoms with Gasteiger partial charge in [-0.25, -0.2) is 0 Å². The van der Waals surface area contributed by atoms with Crippen molar-refractivity contribution in [3.8, 4) is 0 Å². The summed E-state index contributed by atoms with van der Waals surface area (Å²) in [6, 6.07) is 8.63. The monoisotopic (exact) mass is 345 g/mol. The summed E-state index contributed by atoms with van der Waals surface area (Å²) in [5, 5.41) is 6.34. The van der Waals surface area contributed by atoms with Gasteiger partial charge in [-0.05, 0) is 63.0 Å². The van der Waals surface area contributed by atoms with Gasteiger partial charge in [-0.1, -0.05) is 30.7 Å². The molecule has 0 aliphatic carbocycles. The molecule has 2 heterocycles. The summed E-state index contributed by atoms with van der Waals surface area (Å²) in [5.41, 5.74) is 1.82. The van der Waals surface area contributed by atoms with Crippen LogP contribution in [-0.4, -0.2) is 49.7 Å². The van der Waals surface area contributed by atoms with Gasteiger partial charge in [-0.15, -0.1) is 0 Å². The van der Waals surface area contributed by atoms with E-state index in [9.17, 15) is 4.79 Å². The van der Waals surface area contributed by atoms with E-state index in [-0.39, 0.29) is 5.91 Å². The smallest absolute Gasteiger partial charge is 0.252 e. The minimum atomic E-state index is -0.667. The number of carbonyl (C=O) groups is 1. The first-order valence-electron chi connectivity index (χ1n) is 9.56. The van der Waals surface area contributed by atoms with Gasteiger partial charge in [-0.2, -0.15) is 0 Å². The van der Waals surface area contributed by atoms with Gasteiger partial charge in [0, 0.05) is 20.2 Å². The third kappa shape index (κ3) is 4.81. The third-order valence-electron chi connectivity index (χ3n) is 5.55. The maximum atomic E-state index is 12.6. The van der Waals surface area contributed by atoms with E-state index in [0.29, 0.717) is 6.54 Å². The van der Waals surface area contributed by atoms with Crippen molar-refractivity contribution in [3.05, 3.63) is 35.4 Å². The van der Waals surface area contributed by atoms with Crippen LogP contribution in [0.3, 0.4) is 0 Å². The Morgan fingerprint density at radius 3 is 2.40 bits per heavy atom. The normalized spacial score (nSPS) is 21.0. The number of nitrogens with one attached hydrogen (secondary N) is 2. The summed E-state index contributed by atoms with van der Waals surface area (Å²) < 4.78 is 5.58. The van der Waals surface area contributed by atoms with Gasteiger partial charge in [0.2, 0.25) is 0 Å². The fourth-order valence-electron chi connectivity index (χ4n) is 3.84. The van der Waals surface area contributed by atoms with Gasteiger partial charge < -0.3 is 15.4 Å². The van der Waals surface area contributed by atoms with Crippen LogP contribution in [0.4, 0.5) is 0 Å². The van der Waals surface area contributed by atoms with Crippen molar-refractivity contribution in [1.29, 1.82) is 0 Å². The molecule has 138 valence electrons. The van der Waals surface area contributed by atoms with Gasteiger partial charge in [0.05, 0.1) is 0 Å². The first-order valence-corrected chi connectivity index (χ1v) is 9.56. The standard InChI is InChI=1S/C20H31N3O2/c1-25-20(9-11-21-12-10-20)19(24)22-15-17-5-7-18(8-6-17)16-23-13-3-2-4-14-23/h5-8,21H,2-4,9-16H2,1H3,(H,22,24).